The van der Waals surface area contributed by atoms with Crippen LogP contribution in [0.15, 0.2) is 48.8 Å². The maximum atomic E-state index is 13.1. The molecule has 0 aliphatic carbocycles. The predicted molar refractivity (Wildman–Crippen MR) is 89.1 cm³/mol. The summed E-state index contributed by atoms with van der Waals surface area (Å²) in [7, 11) is 0. The first-order chi connectivity index (χ1) is 11.7. The average molecular weight is 328 g/mol. The Kier molecular flexibility index (Phi) is 5.41. The van der Waals surface area contributed by atoms with Crippen LogP contribution in [0, 0.1) is 5.82 Å². The van der Waals surface area contributed by atoms with Crippen LogP contribution in [-0.2, 0) is 4.79 Å². The van der Waals surface area contributed by atoms with Crippen molar-refractivity contribution < 1.29 is 13.9 Å². The van der Waals surface area contributed by atoms with E-state index in [-0.39, 0.29) is 17.8 Å². The number of pyridine rings is 1. The fourth-order valence-corrected chi connectivity index (χ4v) is 3.09. The number of likely N-dealkylation sites (tertiary alicyclic amines) is 1. The Morgan fingerprint density at radius 3 is 2.88 bits per heavy atom. The maximum Gasteiger partial charge on any atom is 0.223 e. The van der Waals surface area contributed by atoms with Crippen LogP contribution in [0.25, 0.3) is 0 Å². The number of halogens is 1. The van der Waals surface area contributed by atoms with Crippen molar-refractivity contribution in [1.82, 2.24) is 9.88 Å². The zero-order chi connectivity index (χ0) is 16.8. The molecule has 2 aromatic rings. The number of carbonyl (C=O) groups excluding carboxylic acids is 1. The number of hydrogen-bond donors (Lipinski definition) is 0. The minimum atomic E-state index is -0.248. The fraction of sp³-hybridized carbons (Fsp3) is 0.368. The summed E-state index contributed by atoms with van der Waals surface area (Å²) < 4.78 is 18.6. The van der Waals surface area contributed by atoms with E-state index in [4.69, 9.17) is 4.74 Å². The first-order valence-corrected chi connectivity index (χ1v) is 8.32. The number of ether oxygens (including phenoxy) is 1. The van der Waals surface area contributed by atoms with E-state index in [1.54, 1.807) is 24.5 Å². The van der Waals surface area contributed by atoms with Crippen molar-refractivity contribution in [1.29, 1.82) is 0 Å². The van der Waals surface area contributed by atoms with Crippen LogP contribution in [-0.4, -0.2) is 28.9 Å². The summed E-state index contributed by atoms with van der Waals surface area (Å²) in [6, 6.07) is 10.2. The molecule has 1 aromatic carbocycles. The Labute approximate surface area is 141 Å². The first kappa shape index (κ1) is 16.4. The van der Waals surface area contributed by atoms with Crippen LogP contribution in [0.5, 0.6) is 5.75 Å². The van der Waals surface area contributed by atoms with Gasteiger partial charge in [0.25, 0.3) is 0 Å². The quantitative estimate of drug-likeness (QED) is 0.759. The third-order valence-corrected chi connectivity index (χ3v) is 4.27. The predicted octanol–water partition coefficient (Wildman–Crippen LogP) is 3.74. The first-order valence-electron chi connectivity index (χ1n) is 8.32. The zero-order valence-electron chi connectivity index (χ0n) is 13.5. The molecule has 4 nitrogen and oxygen atoms in total. The van der Waals surface area contributed by atoms with Crippen molar-refractivity contribution >= 4 is 5.91 Å². The van der Waals surface area contributed by atoms with Gasteiger partial charge in [-0.25, -0.2) is 4.39 Å². The highest BCUT2D eigenvalue weighted by Crippen LogP contribution is 2.32. The minimum Gasteiger partial charge on any atom is -0.492 e. The molecule has 2 heterocycles. The monoisotopic (exact) mass is 328 g/mol. The third-order valence-electron chi connectivity index (χ3n) is 4.27. The van der Waals surface area contributed by atoms with Gasteiger partial charge in [0.1, 0.15) is 11.6 Å². The Morgan fingerprint density at radius 2 is 2.12 bits per heavy atom. The lowest BCUT2D eigenvalue weighted by Gasteiger charge is -2.25. The normalized spacial score (nSPS) is 17.0. The summed E-state index contributed by atoms with van der Waals surface area (Å²) in [4.78, 5) is 18.4. The van der Waals surface area contributed by atoms with E-state index in [2.05, 4.69) is 4.98 Å². The van der Waals surface area contributed by atoms with Crippen molar-refractivity contribution in [2.75, 3.05) is 13.2 Å². The van der Waals surface area contributed by atoms with Crippen molar-refractivity contribution in [2.24, 2.45) is 0 Å². The molecule has 1 saturated heterocycles. The highest BCUT2D eigenvalue weighted by atomic mass is 19.1. The molecule has 1 fully saturated rings. The van der Waals surface area contributed by atoms with Crippen LogP contribution < -0.4 is 4.74 Å². The van der Waals surface area contributed by atoms with Gasteiger partial charge in [-0.1, -0.05) is 12.1 Å². The molecule has 126 valence electrons. The second-order valence-corrected chi connectivity index (χ2v) is 5.94. The van der Waals surface area contributed by atoms with Gasteiger partial charge in [0, 0.05) is 19.2 Å². The Balaban J connectivity index is 1.49. The van der Waals surface area contributed by atoms with Crippen molar-refractivity contribution in [2.45, 2.75) is 31.7 Å². The minimum absolute atomic E-state index is 0.0670. The maximum absolute atomic E-state index is 13.1. The molecule has 1 aromatic heterocycles. The second-order valence-electron chi connectivity index (χ2n) is 5.94. The molecular weight excluding hydrogens is 307 g/mol. The number of nitrogens with zero attached hydrogens (tertiary/aromatic N) is 2. The molecule has 0 radical (unpaired) electrons. The summed E-state index contributed by atoms with van der Waals surface area (Å²) in [5.41, 5.74) is 1.01. The Morgan fingerprint density at radius 1 is 1.29 bits per heavy atom. The lowest BCUT2D eigenvalue weighted by molar-refractivity contribution is -0.132. The molecule has 5 heteroatoms. The summed E-state index contributed by atoms with van der Waals surface area (Å²) in [6.07, 6.45) is 6.40. The summed E-state index contributed by atoms with van der Waals surface area (Å²) >= 11 is 0. The van der Waals surface area contributed by atoms with Gasteiger partial charge in [0.15, 0.2) is 0 Å². The van der Waals surface area contributed by atoms with Gasteiger partial charge in [-0.05, 0) is 49.1 Å². The standard InChI is InChI=1S/C19H21FN2O2/c20-16-9-7-15(8-10-16)18-5-2-12-22(18)19(23)6-3-13-24-17-4-1-11-21-14-17/h1,4,7-11,14,18H,2-3,5-6,12-13H2/t18-/m1/s1. The summed E-state index contributed by atoms with van der Waals surface area (Å²) in [6.45, 7) is 1.26. The van der Waals surface area contributed by atoms with Crippen molar-refractivity contribution in [3.8, 4) is 5.75 Å². The molecule has 1 amide bonds. The Bertz CT molecular complexity index is 661. The van der Waals surface area contributed by atoms with Crippen molar-refractivity contribution in [3.63, 3.8) is 0 Å². The SMILES string of the molecule is O=C(CCCOc1cccnc1)N1CCC[C@@H]1c1ccc(F)cc1. The summed E-state index contributed by atoms with van der Waals surface area (Å²) in [5, 5.41) is 0. The molecule has 0 bridgehead atoms. The lowest BCUT2D eigenvalue weighted by atomic mass is 10.0. The molecule has 1 aliphatic heterocycles. The Hall–Kier alpha value is -2.43. The third kappa shape index (κ3) is 4.10. The van der Waals surface area contributed by atoms with E-state index in [0.29, 0.717) is 19.4 Å². The average Bonchev–Trinajstić information content (AvgIpc) is 3.10. The topological polar surface area (TPSA) is 42.4 Å². The van der Waals surface area contributed by atoms with E-state index in [0.717, 1.165) is 30.7 Å². The summed E-state index contributed by atoms with van der Waals surface area (Å²) in [5.74, 6) is 0.606. The van der Waals surface area contributed by atoms with Gasteiger partial charge in [-0.15, -0.1) is 0 Å². The van der Waals surface area contributed by atoms with E-state index < -0.39 is 0 Å². The van der Waals surface area contributed by atoms with Crippen LogP contribution in [0.4, 0.5) is 4.39 Å². The molecule has 24 heavy (non-hydrogen) atoms. The molecular formula is C19H21FN2O2. The molecule has 0 saturated carbocycles. The van der Waals surface area contributed by atoms with Crippen LogP contribution >= 0.6 is 0 Å². The van der Waals surface area contributed by atoms with Gasteiger partial charge in [-0.2, -0.15) is 0 Å². The molecule has 0 unspecified atom stereocenters. The molecule has 3 rings (SSSR count). The number of aromatic nitrogens is 1. The van der Waals surface area contributed by atoms with E-state index >= 15 is 0 Å². The van der Waals surface area contributed by atoms with E-state index in [1.807, 2.05) is 17.0 Å². The van der Waals surface area contributed by atoms with E-state index in [1.165, 1.54) is 12.1 Å². The number of carbonyl (C=O) groups is 1. The highest BCUT2D eigenvalue weighted by Gasteiger charge is 2.29. The number of rotatable bonds is 6. The van der Waals surface area contributed by atoms with Crippen LogP contribution in [0.3, 0.4) is 0 Å². The van der Waals surface area contributed by atoms with Gasteiger partial charge >= 0.3 is 0 Å². The lowest BCUT2D eigenvalue weighted by Crippen LogP contribution is -2.30. The van der Waals surface area contributed by atoms with Gasteiger partial charge in [0.2, 0.25) is 5.91 Å². The molecule has 0 spiro atoms. The van der Waals surface area contributed by atoms with Gasteiger partial charge in [0.05, 0.1) is 18.8 Å². The van der Waals surface area contributed by atoms with Gasteiger partial charge < -0.3 is 9.64 Å². The smallest absolute Gasteiger partial charge is 0.223 e. The highest BCUT2D eigenvalue weighted by molar-refractivity contribution is 5.77. The zero-order valence-corrected chi connectivity index (χ0v) is 13.5. The van der Waals surface area contributed by atoms with Gasteiger partial charge in [-0.3, -0.25) is 9.78 Å². The molecule has 1 aliphatic rings. The number of hydrogen-bond acceptors (Lipinski definition) is 3. The molecule has 1 atom stereocenters. The largest absolute Gasteiger partial charge is 0.492 e. The van der Waals surface area contributed by atoms with Crippen LogP contribution in [0.2, 0.25) is 0 Å². The van der Waals surface area contributed by atoms with Crippen LogP contribution in [0.1, 0.15) is 37.3 Å². The molecule has 0 N–H and O–H groups in total. The number of amides is 1. The van der Waals surface area contributed by atoms with E-state index in [9.17, 15) is 9.18 Å². The van der Waals surface area contributed by atoms with Crippen molar-refractivity contribution in [3.05, 3.63) is 60.2 Å². The fourth-order valence-electron chi connectivity index (χ4n) is 3.09. The number of benzene rings is 1. The second kappa shape index (κ2) is 7.90.